The Morgan fingerprint density at radius 2 is 0.750 bits per heavy atom. The minimum atomic E-state index is 0.419. The molecule has 2 rings (SSSR count). The van der Waals surface area contributed by atoms with E-state index in [0.717, 1.165) is 22.8 Å². The lowest BCUT2D eigenvalue weighted by Gasteiger charge is -2.19. The monoisotopic (exact) mass is 656 g/mol. The van der Waals surface area contributed by atoms with Gasteiger partial charge in [-0.1, -0.05) is 55.4 Å². The number of nitrogens with zero attached hydrogens (tertiary/aromatic N) is 2. The first-order valence-corrected chi connectivity index (χ1v) is 13.8. The zero-order valence-corrected chi connectivity index (χ0v) is 25.6. The maximum Gasteiger partial charge on any atom is 0.0703 e. The molecule has 2 aromatic rings. The van der Waals surface area contributed by atoms with Crippen LogP contribution in [0, 0.1) is 7.14 Å². The van der Waals surface area contributed by atoms with Crippen LogP contribution in [-0.4, -0.2) is 11.4 Å². The van der Waals surface area contributed by atoms with Crippen LogP contribution >= 0.6 is 45.2 Å². The summed E-state index contributed by atoms with van der Waals surface area (Å²) in [5.41, 5.74) is 9.47. The summed E-state index contributed by atoms with van der Waals surface area (Å²) in [4.78, 5) is 10.4. The van der Waals surface area contributed by atoms with Crippen molar-refractivity contribution in [3.05, 3.63) is 53.7 Å². The highest BCUT2D eigenvalue weighted by molar-refractivity contribution is 14.1. The van der Waals surface area contributed by atoms with Crippen molar-refractivity contribution in [3.63, 3.8) is 0 Å². The molecule has 0 heterocycles. The molecule has 0 fully saturated rings. The van der Waals surface area contributed by atoms with E-state index in [0.29, 0.717) is 23.7 Å². The molecular weight excluding hydrogens is 618 g/mol. The van der Waals surface area contributed by atoms with E-state index in [1.165, 1.54) is 29.4 Å². The van der Waals surface area contributed by atoms with E-state index < -0.39 is 0 Å². The molecule has 0 aliphatic rings. The van der Waals surface area contributed by atoms with E-state index in [-0.39, 0.29) is 0 Å². The van der Waals surface area contributed by atoms with Crippen LogP contribution in [0.25, 0.3) is 0 Å². The Hall–Kier alpha value is -0.760. The predicted molar refractivity (Wildman–Crippen MR) is 160 cm³/mol. The SMILES string of the molecule is CC(=Nc1c(C(C)C)cc(I)cc1C(C)C)C(C)=Nc1c(C(C)C)cc(I)cc1C(C)C. The van der Waals surface area contributed by atoms with Crippen LogP contribution in [0.15, 0.2) is 34.3 Å². The molecule has 0 N–H and O–H groups in total. The summed E-state index contributed by atoms with van der Waals surface area (Å²) in [7, 11) is 0. The van der Waals surface area contributed by atoms with Gasteiger partial charge in [-0.25, -0.2) is 0 Å². The second-order valence-corrected chi connectivity index (χ2v) is 12.4. The third-order valence-corrected chi connectivity index (χ3v) is 7.08. The Labute approximate surface area is 223 Å². The number of benzene rings is 2. The van der Waals surface area contributed by atoms with Gasteiger partial charge in [-0.3, -0.25) is 9.98 Å². The van der Waals surface area contributed by atoms with Gasteiger partial charge in [-0.15, -0.1) is 0 Å². The quantitative estimate of drug-likeness (QED) is 0.209. The van der Waals surface area contributed by atoms with Gasteiger partial charge in [0.1, 0.15) is 0 Å². The summed E-state index contributed by atoms with van der Waals surface area (Å²) in [6.45, 7) is 22.2. The molecule has 0 saturated carbocycles. The molecule has 0 bridgehead atoms. The molecule has 32 heavy (non-hydrogen) atoms. The van der Waals surface area contributed by atoms with Crippen LogP contribution in [0.4, 0.5) is 11.4 Å². The third-order valence-electron chi connectivity index (χ3n) is 5.84. The van der Waals surface area contributed by atoms with E-state index in [2.05, 4.69) is 139 Å². The molecular formula is C28H38I2N2. The standard InChI is InChI=1S/C28H38I2N2/c1-15(2)23-11-21(29)12-24(16(3)4)27(23)31-19(9)20(10)32-28-25(17(5)6)13-22(30)14-26(28)18(7)8/h11-18H,1-10H3. The van der Waals surface area contributed by atoms with Crippen molar-refractivity contribution in [2.45, 2.75) is 92.9 Å². The maximum atomic E-state index is 5.19. The lowest BCUT2D eigenvalue weighted by atomic mass is 9.92. The third kappa shape index (κ3) is 6.64. The van der Waals surface area contributed by atoms with Crippen LogP contribution in [0.5, 0.6) is 0 Å². The van der Waals surface area contributed by atoms with E-state index in [1.807, 2.05) is 0 Å². The number of rotatable bonds is 7. The highest BCUT2D eigenvalue weighted by atomic mass is 127. The molecule has 0 unspecified atom stereocenters. The topological polar surface area (TPSA) is 24.7 Å². The summed E-state index contributed by atoms with van der Waals surface area (Å²) >= 11 is 4.85. The Morgan fingerprint density at radius 1 is 0.531 bits per heavy atom. The van der Waals surface area contributed by atoms with Crippen molar-refractivity contribution in [2.24, 2.45) is 9.98 Å². The molecule has 0 saturated heterocycles. The minimum Gasteiger partial charge on any atom is -0.251 e. The van der Waals surface area contributed by atoms with Crippen LogP contribution in [0.1, 0.15) is 115 Å². The molecule has 0 atom stereocenters. The molecule has 0 aliphatic heterocycles. The van der Waals surface area contributed by atoms with E-state index >= 15 is 0 Å². The average Bonchev–Trinajstić information content (AvgIpc) is 2.68. The van der Waals surface area contributed by atoms with E-state index in [1.54, 1.807) is 0 Å². The summed E-state index contributed by atoms with van der Waals surface area (Å²) in [5.74, 6) is 1.68. The largest absolute Gasteiger partial charge is 0.251 e. The first kappa shape index (κ1) is 27.5. The van der Waals surface area contributed by atoms with Crippen molar-refractivity contribution in [1.29, 1.82) is 0 Å². The first-order valence-electron chi connectivity index (χ1n) is 11.6. The van der Waals surface area contributed by atoms with Crippen LogP contribution < -0.4 is 0 Å². The summed E-state index contributed by atoms with van der Waals surface area (Å²) in [6.07, 6.45) is 0. The maximum absolute atomic E-state index is 5.19. The lowest BCUT2D eigenvalue weighted by molar-refractivity contribution is 0.832. The number of hydrogen-bond acceptors (Lipinski definition) is 2. The highest BCUT2D eigenvalue weighted by Gasteiger charge is 2.18. The van der Waals surface area contributed by atoms with Gasteiger partial charge < -0.3 is 0 Å². The molecule has 2 nitrogen and oxygen atoms in total. The second kappa shape index (κ2) is 11.6. The van der Waals surface area contributed by atoms with Crippen molar-refractivity contribution in [3.8, 4) is 0 Å². The first-order chi connectivity index (χ1) is 14.8. The average molecular weight is 656 g/mol. The summed E-state index contributed by atoms with van der Waals surface area (Å²) < 4.78 is 2.55. The summed E-state index contributed by atoms with van der Waals surface area (Å²) in [6, 6.07) is 9.12. The van der Waals surface area contributed by atoms with Crippen molar-refractivity contribution in [1.82, 2.24) is 0 Å². The molecule has 0 radical (unpaired) electrons. The number of halogens is 2. The fraction of sp³-hybridized carbons (Fsp3) is 0.500. The Balaban J connectivity index is 2.70. The molecule has 174 valence electrons. The van der Waals surface area contributed by atoms with E-state index in [4.69, 9.17) is 9.98 Å². The number of hydrogen-bond donors (Lipinski definition) is 0. The van der Waals surface area contributed by atoms with Crippen molar-refractivity contribution in [2.75, 3.05) is 0 Å². The fourth-order valence-electron chi connectivity index (χ4n) is 3.80. The minimum absolute atomic E-state index is 0.419. The molecule has 0 spiro atoms. The van der Waals surface area contributed by atoms with Crippen molar-refractivity contribution >= 4 is 68.0 Å². The van der Waals surface area contributed by atoms with Crippen LogP contribution in [0.2, 0.25) is 0 Å². The summed E-state index contributed by atoms with van der Waals surface area (Å²) in [5, 5.41) is 0. The zero-order chi connectivity index (χ0) is 24.3. The second-order valence-electron chi connectivity index (χ2n) is 9.88. The molecule has 0 aromatic heterocycles. The Kier molecular flexibility index (Phi) is 9.95. The molecule has 0 amide bonds. The van der Waals surface area contributed by atoms with Gasteiger partial charge in [0.2, 0.25) is 0 Å². The smallest absolute Gasteiger partial charge is 0.0703 e. The predicted octanol–water partition coefficient (Wildman–Crippen LogP) is 10.3. The molecule has 0 aliphatic carbocycles. The normalized spacial score (nSPS) is 13.2. The molecule has 4 heteroatoms. The van der Waals surface area contributed by atoms with Crippen molar-refractivity contribution < 1.29 is 0 Å². The Morgan fingerprint density at radius 3 is 0.938 bits per heavy atom. The Bertz CT molecular complexity index is 886. The van der Waals surface area contributed by atoms with Gasteiger partial charge in [0, 0.05) is 7.14 Å². The fourth-order valence-corrected chi connectivity index (χ4v) is 5.14. The van der Waals surface area contributed by atoms with Gasteiger partial charge >= 0.3 is 0 Å². The zero-order valence-electron chi connectivity index (χ0n) is 21.3. The lowest BCUT2D eigenvalue weighted by Crippen LogP contribution is -2.08. The van der Waals surface area contributed by atoms with Gasteiger partial charge in [0.15, 0.2) is 0 Å². The highest BCUT2D eigenvalue weighted by Crippen LogP contribution is 2.38. The molecule has 2 aromatic carbocycles. The van der Waals surface area contributed by atoms with Crippen LogP contribution in [0.3, 0.4) is 0 Å². The van der Waals surface area contributed by atoms with Crippen LogP contribution in [-0.2, 0) is 0 Å². The van der Waals surface area contributed by atoms with Gasteiger partial charge in [-0.05, 0) is 129 Å². The van der Waals surface area contributed by atoms with Gasteiger partial charge in [-0.2, -0.15) is 0 Å². The van der Waals surface area contributed by atoms with Gasteiger partial charge in [0.05, 0.1) is 22.8 Å². The van der Waals surface area contributed by atoms with Gasteiger partial charge in [0.25, 0.3) is 0 Å². The number of aliphatic imine (C=N–C) groups is 2. The van der Waals surface area contributed by atoms with E-state index in [9.17, 15) is 0 Å².